The second-order valence-electron chi connectivity index (χ2n) is 8.74. The average molecular weight is 447 g/mol. The summed E-state index contributed by atoms with van der Waals surface area (Å²) >= 11 is 1.36. The molecule has 0 saturated carbocycles. The van der Waals surface area contributed by atoms with Gasteiger partial charge in [0.1, 0.15) is 16.8 Å². The van der Waals surface area contributed by atoms with Crippen molar-refractivity contribution in [2.45, 2.75) is 38.8 Å². The van der Waals surface area contributed by atoms with Crippen LogP contribution in [0.5, 0.6) is 5.75 Å². The highest BCUT2D eigenvalue weighted by Crippen LogP contribution is 2.48. The maximum Gasteiger partial charge on any atom is 0.173 e. The fourth-order valence-electron chi connectivity index (χ4n) is 5.11. The molecule has 0 radical (unpaired) electrons. The van der Waals surface area contributed by atoms with E-state index >= 15 is 0 Å². The lowest BCUT2D eigenvalue weighted by Crippen LogP contribution is -2.26. The van der Waals surface area contributed by atoms with Gasteiger partial charge < -0.3 is 9.84 Å². The summed E-state index contributed by atoms with van der Waals surface area (Å²) in [4.78, 5) is 7.25. The normalized spacial score (nSPS) is 19.7. The lowest BCUT2D eigenvalue weighted by atomic mass is 10.0. The first kappa shape index (κ1) is 21.1. The number of aliphatic hydroxyl groups excluding tert-OH is 1. The predicted octanol–water partition coefficient (Wildman–Crippen LogP) is 4.44. The molecule has 0 spiro atoms. The van der Waals surface area contributed by atoms with Gasteiger partial charge in [-0.3, -0.25) is 4.90 Å². The van der Waals surface area contributed by atoms with Crippen molar-refractivity contribution in [3.63, 3.8) is 0 Å². The summed E-state index contributed by atoms with van der Waals surface area (Å²) in [5.74, 6) is 1.94. The van der Waals surface area contributed by atoms with Gasteiger partial charge in [0.2, 0.25) is 0 Å². The zero-order valence-corrected chi connectivity index (χ0v) is 19.1. The van der Waals surface area contributed by atoms with Crippen LogP contribution in [0, 0.1) is 17.2 Å². The van der Waals surface area contributed by atoms with Gasteiger partial charge in [-0.2, -0.15) is 9.64 Å². The van der Waals surface area contributed by atoms with Crippen LogP contribution in [0.4, 0.5) is 0 Å². The highest BCUT2D eigenvalue weighted by molar-refractivity contribution is 7.09. The van der Waals surface area contributed by atoms with Crippen LogP contribution >= 0.6 is 11.5 Å². The first-order chi connectivity index (χ1) is 15.6. The number of rotatable bonds is 6. The minimum atomic E-state index is 0.00838. The molecule has 7 heteroatoms. The maximum absolute atomic E-state index is 9.55. The smallest absolute Gasteiger partial charge is 0.173 e. The summed E-state index contributed by atoms with van der Waals surface area (Å²) in [6, 6.07) is 14.7. The molecular formula is C25H26N4O2S. The summed E-state index contributed by atoms with van der Waals surface area (Å²) in [5, 5.41) is 19.8. The van der Waals surface area contributed by atoms with Crippen molar-refractivity contribution in [3.8, 4) is 33.8 Å². The molecule has 2 atom stereocenters. The van der Waals surface area contributed by atoms with E-state index < -0.39 is 0 Å². The van der Waals surface area contributed by atoms with Crippen molar-refractivity contribution in [1.29, 1.82) is 5.26 Å². The molecule has 1 fully saturated rings. The largest absolute Gasteiger partial charge is 0.490 e. The Hall–Kier alpha value is -2.79. The van der Waals surface area contributed by atoms with E-state index in [-0.39, 0.29) is 12.7 Å². The van der Waals surface area contributed by atoms with Gasteiger partial charge in [-0.15, -0.1) is 0 Å². The van der Waals surface area contributed by atoms with Gasteiger partial charge in [0.15, 0.2) is 5.82 Å². The molecule has 1 aliphatic heterocycles. The maximum atomic E-state index is 9.55. The lowest BCUT2D eigenvalue weighted by Gasteiger charge is -2.24. The number of nitrogens with zero attached hydrogens (tertiary/aromatic N) is 4. The van der Waals surface area contributed by atoms with Gasteiger partial charge in [-0.1, -0.05) is 18.2 Å². The second-order valence-corrected chi connectivity index (χ2v) is 9.49. The SMILES string of the molecule is CC(C)Oc1ccc(-c2nc(-c3cccc4c3CC3CCN(CCO)C43)ns2)cc1C#N. The van der Waals surface area contributed by atoms with E-state index in [0.29, 0.717) is 23.3 Å². The molecule has 1 saturated heterocycles. The number of nitriles is 1. The molecule has 32 heavy (non-hydrogen) atoms. The van der Waals surface area contributed by atoms with Crippen molar-refractivity contribution in [2.75, 3.05) is 19.7 Å². The van der Waals surface area contributed by atoms with Crippen LogP contribution in [0.15, 0.2) is 36.4 Å². The molecule has 164 valence electrons. The van der Waals surface area contributed by atoms with Crippen molar-refractivity contribution in [1.82, 2.24) is 14.3 Å². The van der Waals surface area contributed by atoms with Gasteiger partial charge >= 0.3 is 0 Å². The average Bonchev–Trinajstić information content (AvgIpc) is 3.50. The fourth-order valence-corrected chi connectivity index (χ4v) is 5.78. The summed E-state index contributed by atoms with van der Waals surface area (Å²) in [6.45, 7) is 5.86. The monoisotopic (exact) mass is 446 g/mol. The van der Waals surface area contributed by atoms with Crippen LogP contribution in [0.3, 0.4) is 0 Å². The minimum Gasteiger partial charge on any atom is -0.490 e. The Morgan fingerprint density at radius 2 is 2.19 bits per heavy atom. The van der Waals surface area contributed by atoms with E-state index in [9.17, 15) is 10.4 Å². The van der Waals surface area contributed by atoms with E-state index in [0.717, 1.165) is 47.9 Å². The third kappa shape index (κ3) is 3.69. The Balaban J connectivity index is 1.46. The lowest BCUT2D eigenvalue weighted by molar-refractivity contribution is 0.177. The number of fused-ring (bicyclic) bond motifs is 3. The summed E-state index contributed by atoms with van der Waals surface area (Å²) in [7, 11) is 0. The minimum absolute atomic E-state index is 0.00838. The van der Waals surface area contributed by atoms with Crippen LogP contribution < -0.4 is 4.74 Å². The molecule has 2 aromatic carbocycles. The Morgan fingerprint density at radius 1 is 1.31 bits per heavy atom. The molecule has 1 N–H and O–H groups in total. The van der Waals surface area contributed by atoms with Crippen molar-refractivity contribution < 1.29 is 9.84 Å². The Kier molecular flexibility index (Phi) is 5.68. The zero-order chi connectivity index (χ0) is 22.2. The van der Waals surface area contributed by atoms with Crippen molar-refractivity contribution in [2.24, 2.45) is 5.92 Å². The molecule has 0 bridgehead atoms. The first-order valence-corrected chi connectivity index (χ1v) is 11.9. The molecular weight excluding hydrogens is 420 g/mol. The number of hydrogen-bond donors (Lipinski definition) is 1. The molecule has 1 aromatic heterocycles. The standard InChI is InChI=1S/C25H26N4O2S/c1-15(2)31-22-7-6-17(12-18(22)14-26)25-27-24(28-32-25)20-5-3-4-19-21(20)13-16-8-9-29(10-11-30)23(16)19/h3-7,12,15-16,23,30H,8-11,13H2,1-2H3. The molecule has 0 amide bonds. The van der Waals surface area contributed by atoms with Crippen molar-refractivity contribution in [3.05, 3.63) is 53.1 Å². The Bertz CT molecular complexity index is 1180. The number of β-amino-alcohol motifs (C(OH)–C–C–N with tert-alkyl or cyclic N) is 1. The molecule has 6 nitrogen and oxygen atoms in total. The van der Waals surface area contributed by atoms with Gasteiger partial charge in [0.25, 0.3) is 0 Å². The molecule has 2 aliphatic rings. The van der Waals surface area contributed by atoms with E-state index in [2.05, 4.69) is 33.5 Å². The van der Waals surface area contributed by atoms with Crippen LogP contribution in [-0.2, 0) is 6.42 Å². The predicted molar refractivity (Wildman–Crippen MR) is 124 cm³/mol. The summed E-state index contributed by atoms with van der Waals surface area (Å²) < 4.78 is 10.4. The van der Waals surface area contributed by atoms with E-state index in [4.69, 9.17) is 9.72 Å². The van der Waals surface area contributed by atoms with E-state index in [1.54, 1.807) is 0 Å². The van der Waals surface area contributed by atoms with Gasteiger partial charge in [-0.05, 0) is 80.0 Å². The van der Waals surface area contributed by atoms with E-state index in [1.807, 2.05) is 32.0 Å². The molecule has 5 rings (SSSR count). The zero-order valence-electron chi connectivity index (χ0n) is 18.3. The quantitative estimate of drug-likeness (QED) is 0.603. The number of benzene rings is 2. The van der Waals surface area contributed by atoms with Crippen LogP contribution in [-0.4, -0.2) is 45.2 Å². The van der Waals surface area contributed by atoms with Crippen LogP contribution in [0.2, 0.25) is 0 Å². The van der Waals surface area contributed by atoms with Crippen LogP contribution in [0.1, 0.15) is 43.0 Å². The Morgan fingerprint density at radius 3 is 2.97 bits per heavy atom. The highest BCUT2D eigenvalue weighted by atomic mass is 32.1. The van der Waals surface area contributed by atoms with Crippen LogP contribution in [0.25, 0.3) is 22.0 Å². The van der Waals surface area contributed by atoms with Gasteiger partial charge in [0.05, 0.1) is 18.3 Å². The molecule has 2 unspecified atom stereocenters. The number of ether oxygens (including phenoxy) is 1. The number of likely N-dealkylation sites (tertiary alicyclic amines) is 1. The molecule has 3 aromatic rings. The van der Waals surface area contributed by atoms with Gasteiger partial charge in [-0.25, -0.2) is 4.98 Å². The molecule has 1 aliphatic carbocycles. The first-order valence-electron chi connectivity index (χ1n) is 11.1. The number of aromatic nitrogens is 2. The highest BCUT2D eigenvalue weighted by Gasteiger charge is 2.42. The second kappa shape index (κ2) is 8.62. The Labute approximate surface area is 192 Å². The van der Waals surface area contributed by atoms with E-state index in [1.165, 1.54) is 22.7 Å². The third-order valence-electron chi connectivity index (χ3n) is 6.39. The number of hydrogen-bond acceptors (Lipinski definition) is 7. The molecule has 2 heterocycles. The summed E-state index contributed by atoms with van der Waals surface area (Å²) in [6.07, 6.45) is 2.21. The topological polar surface area (TPSA) is 82.3 Å². The number of aliphatic hydroxyl groups is 1. The van der Waals surface area contributed by atoms with Crippen molar-refractivity contribution >= 4 is 11.5 Å². The third-order valence-corrected chi connectivity index (χ3v) is 7.15. The fraction of sp³-hybridized carbons (Fsp3) is 0.400. The summed E-state index contributed by atoms with van der Waals surface area (Å²) in [5.41, 5.74) is 5.18. The van der Waals surface area contributed by atoms with Gasteiger partial charge in [0, 0.05) is 23.7 Å².